The predicted molar refractivity (Wildman–Crippen MR) is 177 cm³/mol. The maximum absolute atomic E-state index is 14.7. The van der Waals surface area contributed by atoms with Crippen molar-refractivity contribution >= 4 is 34.9 Å². The van der Waals surface area contributed by atoms with Crippen LogP contribution in [0.4, 0.5) is 14.0 Å². The van der Waals surface area contributed by atoms with E-state index in [4.69, 9.17) is 9.47 Å². The van der Waals surface area contributed by atoms with Crippen LogP contribution in [0, 0.1) is 5.82 Å². The highest BCUT2D eigenvalue weighted by Gasteiger charge is 2.26. The Morgan fingerprint density at radius 3 is 2.52 bits per heavy atom. The molecule has 4 rings (SSSR count). The molecule has 258 valence electrons. The molecule has 0 radical (unpaired) electrons. The molecule has 1 aromatic carbocycles. The summed E-state index contributed by atoms with van der Waals surface area (Å²) in [5, 5.41) is 2.53. The Morgan fingerprint density at radius 1 is 1.12 bits per heavy atom. The molecule has 0 unspecified atom stereocenters. The van der Waals surface area contributed by atoms with Crippen molar-refractivity contribution in [2.75, 3.05) is 20.2 Å². The lowest BCUT2D eigenvalue weighted by atomic mass is 10.0. The van der Waals surface area contributed by atoms with E-state index in [1.54, 1.807) is 37.8 Å². The van der Waals surface area contributed by atoms with Gasteiger partial charge in [0, 0.05) is 37.3 Å². The van der Waals surface area contributed by atoms with Gasteiger partial charge >= 0.3 is 12.2 Å². The molecule has 48 heavy (non-hydrogen) atoms. The number of nitrogens with one attached hydrogen (secondary N) is 1. The molecule has 0 saturated carbocycles. The van der Waals surface area contributed by atoms with Crippen LogP contribution in [-0.4, -0.2) is 74.7 Å². The molecule has 1 atom stereocenters. The number of imidazole rings is 1. The number of Topliss-reactive ketones (excluding diaryl/α,β-unsaturated/α-hetero) is 1. The summed E-state index contributed by atoms with van der Waals surface area (Å²) in [6.07, 6.45) is 6.53. The summed E-state index contributed by atoms with van der Waals surface area (Å²) in [6, 6.07) is 4.76. The molecule has 1 N–H and O–H groups in total. The quantitative estimate of drug-likeness (QED) is 0.269. The molecule has 3 heterocycles. The van der Waals surface area contributed by atoms with Gasteiger partial charge in [0.15, 0.2) is 5.78 Å². The standard InChI is InChI=1S/C35H44FN5O7/c1-6-12-23-19-25(36)21-27-31(23)38-29(41(27)34(46)48-35(2,3)4)22-40-18-11-13-24(32(40)44)20-28(42)26(37-33(45)47-5)14-7-8-15-30(43)39-16-9-10-17-39/h8,11,13,15,18-19,21,26H,6-7,9-10,12,14,16-17,20,22H2,1-5H3,(H,37,45)/b15-8+/t26-/m0/s1. The van der Waals surface area contributed by atoms with E-state index in [1.165, 1.54) is 46.7 Å². The number of rotatable bonds is 12. The summed E-state index contributed by atoms with van der Waals surface area (Å²) in [5.74, 6) is -0.875. The number of methoxy groups -OCH3 is 1. The number of pyridine rings is 1. The number of fused-ring (bicyclic) bond motifs is 1. The number of benzene rings is 1. The SMILES string of the molecule is CCCc1cc(F)cc2c1nc(Cn1cccc(CC(=O)[C@H](CC/C=C/C(=O)N3CCCC3)NC(=O)OC)c1=O)n2C(=O)OC(C)(C)C. The van der Waals surface area contributed by atoms with E-state index < -0.39 is 41.0 Å². The number of likely N-dealkylation sites (tertiary alicyclic amines) is 1. The minimum atomic E-state index is -0.972. The monoisotopic (exact) mass is 665 g/mol. The van der Waals surface area contributed by atoms with Crippen LogP contribution in [0.2, 0.25) is 0 Å². The van der Waals surface area contributed by atoms with Crippen LogP contribution in [0.1, 0.15) is 76.8 Å². The molecule has 1 saturated heterocycles. The van der Waals surface area contributed by atoms with E-state index in [1.807, 2.05) is 6.92 Å². The molecular weight excluding hydrogens is 621 g/mol. The summed E-state index contributed by atoms with van der Waals surface area (Å²) in [5.41, 5.74) is 0.108. The van der Waals surface area contributed by atoms with Gasteiger partial charge in [-0.25, -0.2) is 23.5 Å². The van der Waals surface area contributed by atoms with Gasteiger partial charge in [0.2, 0.25) is 5.91 Å². The second-order valence-corrected chi connectivity index (χ2v) is 12.8. The van der Waals surface area contributed by atoms with E-state index in [9.17, 15) is 28.4 Å². The number of carbonyl (C=O) groups is 4. The predicted octanol–water partition coefficient (Wildman–Crippen LogP) is 4.92. The van der Waals surface area contributed by atoms with E-state index in [0.717, 1.165) is 32.4 Å². The molecule has 2 aromatic heterocycles. The van der Waals surface area contributed by atoms with Crippen molar-refractivity contribution in [3.63, 3.8) is 0 Å². The molecule has 12 nitrogen and oxygen atoms in total. The average Bonchev–Trinajstić information content (AvgIpc) is 3.68. The Labute approximate surface area is 278 Å². The number of amides is 2. The van der Waals surface area contributed by atoms with Crippen LogP contribution in [0.25, 0.3) is 11.0 Å². The third-order valence-electron chi connectivity index (χ3n) is 7.91. The Morgan fingerprint density at radius 2 is 1.85 bits per heavy atom. The lowest BCUT2D eigenvalue weighted by molar-refractivity contribution is -0.125. The molecular formula is C35H44FN5O7. The molecule has 0 aliphatic carbocycles. The van der Waals surface area contributed by atoms with Crippen molar-refractivity contribution in [3.8, 4) is 0 Å². The average molecular weight is 666 g/mol. The highest BCUT2D eigenvalue weighted by atomic mass is 19.1. The number of hydrogen-bond donors (Lipinski definition) is 1. The Hall–Kier alpha value is -4.81. The summed E-state index contributed by atoms with van der Waals surface area (Å²) < 4.78 is 27.5. The van der Waals surface area contributed by atoms with Gasteiger partial charge in [-0.1, -0.05) is 25.5 Å². The number of aromatic nitrogens is 3. The minimum absolute atomic E-state index is 0.0898. The van der Waals surface area contributed by atoms with Crippen molar-refractivity contribution < 1.29 is 33.0 Å². The van der Waals surface area contributed by atoms with Crippen molar-refractivity contribution in [3.05, 3.63) is 75.7 Å². The molecule has 1 aliphatic heterocycles. The molecule has 13 heteroatoms. The molecule has 0 bridgehead atoms. The van der Waals surface area contributed by atoms with Crippen LogP contribution in [0.15, 0.2) is 47.4 Å². The van der Waals surface area contributed by atoms with Gasteiger partial charge in [-0.15, -0.1) is 0 Å². The topological polar surface area (TPSA) is 142 Å². The number of halogens is 1. The van der Waals surface area contributed by atoms with Gasteiger partial charge in [0.05, 0.1) is 30.7 Å². The number of allylic oxidation sites excluding steroid dienone is 1. The number of carbonyl (C=O) groups excluding carboxylic acids is 4. The van der Waals surface area contributed by atoms with Crippen LogP contribution in [0.3, 0.4) is 0 Å². The van der Waals surface area contributed by atoms with Crippen LogP contribution in [-0.2, 0) is 38.4 Å². The van der Waals surface area contributed by atoms with E-state index in [-0.39, 0.29) is 42.2 Å². The van der Waals surface area contributed by atoms with Crippen molar-refractivity contribution in [2.45, 2.75) is 90.8 Å². The molecule has 3 aromatic rings. The Kier molecular flexibility index (Phi) is 11.9. The number of alkyl carbamates (subject to hydrolysis) is 1. The third-order valence-corrected chi connectivity index (χ3v) is 7.91. The van der Waals surface area contributed by atoms with Crippen LogP contribution >= 0.6 is 0 Å². The van der Waals surface area contributed by atoms with Gasteiger partial charge in [-0.05, 0) is 76.6 Å². The lowest BCUT2D eigenvalue weighted by Crippen LogP contribution is -2.42. The zero-order valence-corrected chi connectivity index (χ0v) is 28.2. The van der Waals surface area contributed by atoms with Gasteiger partial charge in [-0.3, -0.25) is 14.4 Å². The van der Waals surface area contributed by atoms with E-state index in [0.29, 0.717) is 23.9 Å². The zero-order valence-electron chi connectivity index (χ0n) is 28.2. The Bertz CT molecular complexity index is 1750. The first-order valence-electron chi connectivity index (χ1n) is 16.2. The van der Waals surface area contributed by atoms with Crippen molar-refractivity contribution in [2.24, 2.45) is 0 Å². The highest BCUT2D eigenvalue weighted by molar-refractivity contribution is 5.90. The third kappa shape index (κ3) is 9.17. The summed E-state index contributed by atoms with van der Waals surface area (Å²) in [6.45, 7) is 8.37. The molecule has 1 fully saturated rings. The fraction of sp³-hybridized carbons (Fsp3) is 0.486. The highest BCUT2D eigenvalue weighted by Crippen LogP contribution is 2.25. The smallest absolute Gasteiger partial charge is 0.420 e. The summed E-state index contributed by atoms with van der Waals surface area (Å²) in [7, 11) is 1.19. The lowest BCUT2D eigenvalue weighted by Gasteiger charge is -2.20. The number of ether oxygens (including phenoxy) is 2. The second-order valence-electron chi connectivity index (χ2n) is 12.8. The Balaban J connectivity index is 1.59. The largest absolute Gasteiger partial charge is 0.453 e. The summed E-state index contributed by atoms with van der Waals surface area (Å²) >= 11 is 0. The molecule has 2 amide bonds. The fourth-order valence-electron chi connectivity index (χ4n) is 5.65. The van der Waals surface area contributed by atoms with Gasteiger partial charge in [0.25, 0.3) is 5.56 Å². The number of aryl methyl sites for hydroxylation is 1. The van der Waals surface area contributed by atoms with Gasteiger partial charge in [0.1, 0.15) is 17.2 Å². The second kappa shape index (κ2) is 15.9. The zero-order chi connectivity index (χ0) is 35.0. The molecule has 0 spiro atoms. The van der Waals surface area contributed by atoms with Gasteiger partial charge in [-0.2, -0.15) is 0 Å². The fourth-order valence-corrected chi connectivity index (χ4v) is 5.65. The first kappa shape index (κ1) is 36.0. The number of hydrogen-bond acceptors (Lipinski definition) is 8. The summed E-state index contributed by atoms with van der Waals surface area (Å²) in [4.78, 5) is 71.3. The molecule has 1 aliphatic rings. The van der Waals surface area contributed by atoms with Crippen molar-refractivity contribution in [1.82, 2.24) is 24.3 Å². The van der Waals surface area contributed by atoms with Crippen LogP contribution in [0.5, 0.6) is 0 Å². The van der Waals surface area contributed by atoms with E-state index >= 15 is 0 Å². The first-order chi connectivity index (χ1) is 22.8. The normalized spacial score (nSPS) is 14.0. The number of nitrogens with zero attached hydrogens (tertiary/aromatic N) is 4. The minimum Gasteiger partial charge on any atom is -0.453 e. The maximum Gasteiger partial charge on any atom is 0.420 e. The first-order valence-corrected chi connectivity index (χ1v) is 16.2. The maximum atomic E-state index is 14.7. The van der Waals surface area contributed by atoms with E-state index in [2.05, 4.69) is 10.3 Å². The van der Waals surface area contributed by atoms with Crippen LogP contribution < -0.4 is 10.9 Å². The number of ketones is 1. The van der Waals surface area contributed by atoms with Gasteiger partial charge < -0.3 is 24.3 Å². The van der Waals surface area contributed by atoms with Crippen molar-refractivity contribution in [1.29, 1.82) is 0 Å².